The molecule has 0 N–H and O–H groups in total. The Balaban J connectivity index is 3.58. The van der Waals surface area contributed by atoms with Crippen molar-refractivity contribution in [3.8, 4) is 0 Å². The van der Waals surface area contributed by atoms with Gasteiger partial charge in [0, 0.05) is 14.6 Å². The molecule has 1 unspecified atom stereocenters. The molecule has 0 radical (unpaired) electrons. The predicted octanol–water partition coefficient (Wildman–Crippen LogP) is 1.16. The third kappa shape index (κ3) is 2.91. The van der Waals surface area contributed by atoms with Crippen molar-refractivity contribution in [3.63, 3.8) is 0 Å². The van der Waals surface area contributed by atoms with Crippen molar-refractivity contribution in [2.75, 3.05) is 7.11 Å². The van der Waals surface area contributed by atoms with E-state index < -0.39 is 9.74 Å². The van der Waals surface area contributed by atoms with E-state index in [1.807, 2.05) is 6.92 Å². The highest BCUT2D eigenvalue weighted by Gasteiger charge is 1.86. The van der Waals surface area contributed by atoms with Crippen molar-refractivity contribution in [2.45, 2.75) is 6.92 Å². The maximum Gasteiger partial charge on any atom is 0.0511 e. The Bertz CT molecular complexity index is 97.9. The Labute approximate surface area is 51.2 Å². The van der Waals surface area contributed by atoms with Crippen LogP contribution in [0.3, 0.4) is 0 Å². The van der Waals surface area contributed by atoms with Gasteiger partial charge in [-0.3, -0.25) is 0 Å². The molecule has 0 aromatic heterocycles. The minimum atomic E-state index is -0.440. The molecule has 42 valence electrons. The molecule has 0 amide bonds. The van der Waals surface area contributed by atoms with Crippen LogP contribution < -0.4 is 0 Å². The number of rotatable bonds is 2. The molecule has 0 bridgehead atoms. The van der Waals surface area contributed by atoms with E-state index in [4.69, 9.17) is 15.4 Å². The molecular weight excluding hydrogens is 128 g/mol. The highest BCUT2D eigenvalue weighted by atomic mass is 32.8. The van der Waals surface area contributed by atoms with E-state index in [1.165, 1.54) is 0 Å². The third-order valence-corrected chi connectivity index (χ3v) is 2.57. The fourth-order valence-electron chi connectivity index (χ4n) is 0.142. The van der Waals surface area contributed by atoms with Crippen LogP contribution in [0.2, 0.25) is 0 Å². The van der Waals surface area contributed by atoms with E-state index in [-0.39, 0.29) is 0 Å². The SMILES string of the molecule is C=C(C)S(=S)OC. The first-order valence-corrected chi connectivity index (χ1v) is 3.87. The van der Waals surface area contributed by atoms with Gasteiger partial charge >= 0.3 is 0 Å². The summed E-state index contributed by atoms with van der Waals surface area (Å²) in [6.07, 6.45) is 0. The zero-order valence-electron chi connectivity index (χ0n) is 4.43. The lowest BCUT2D eigenvalue weighted by atomic mass is 10.8. The van der Waals surface area contributed by atoms with Gasteiger partial charge in [0.25, 0.3) is 0 Å². The van der Waals surface area contributed by atoms with Crippen LogP contribution in [-0.4, -0.2) is 7.11 Å². The molecule has 0 spiro atoms. The van der Waals surface area contributed by atoms with E-state index >= 15 is 0 Å². The minimum Gasteiger partial charge on any atom is -0.311 e. The second-order valence-electron chi connectivity index (χ2n) is 1.10. The molecule has 0 aromatic carbocycles. The van der Waals surface area contributed by atoms with E-state index in [1.54, 1.807) is 7.11 Å². The third-order valence-electron chi connectivity index (χ3n) is 0.436. The van der Waals surface area contributed by atoms with Crippen LogP contribution in [-0.2, 0) is 25.1 Å². The Morgan fingerprint density at radius 3 is 2.29 bits per heavy atom. The van der Waals surface area contributed by atoms with Gasteiger partial charge < -0.3 is 4.18 Å². The summed E-state index contributed by atoms with van der Waals surface area (Å²) in [5, 5.41) is 0. The molecule has 0 rings (SSSR count). The summed E-state index contributed by atoms with van der Waals surface area (Å²) in [5.74, 6) is 0. The van der Waals surface area contributed by atoms with Crippen molar-refractivity contribution in [1.29, 1.82) is 0 Å². The first-order chi connectivity index (χ1) is 3.18. The molecular formula is C4H8OS2. The highest BCUT2D eigenvalue weighted by molar-refractivity contribution is 8.28. The molecule has 1 nitrogen and oxygen atoms in total. The maximum atomic E-state index is 4.77. The average molecular weight is 136 g/mol. The summed E-state index contributed by atoms with van der Waals surface area (Å²) in [6, 6.07) is 0. The normalized spacial score (nSPS) is 13.4. The van der Waals surface area contributed by atoms with Gasteiger partial charge in [0.05, 0.1) is 7.11 Å². The molecule has 0 aliphatic heterocycles. The van der Waals surface area contributed by atoms with Crippen molar-refractivity contribution in [1.82, 2.24) is 0 Å². The van der Waals surface area contributed by atoms with Crippen LogP contribution in [0.25, 0.3) is 0 Å². The van der Waals surface area contributed by atoms with E-state index in [0.717, 1.165) is 4.91 Å². The lowest BCUT2D eigenvalue weighted by molar-refractivity contribution is 0.487. The number of hydrogen-bond donors (Lipinski definition) is 0. The number of allylic oxidation sites excluding steroid dienone is 1. The molecule has 0 fully saturated rings. The predicted molar refractivity (Wildman–Crippen MR) is 36.6 cm³/mol. The highest BCUT2D eigenvalue weighted by Crippen LogP contribution is 1.95. The van der Waals surface area contributed by atoms with Crippen molar-refractivity contribution < 1.29 is 4.18 Å². The van der Waals surface area contributed by atoms with Crippen molar-refractivity contribution in [2.24, 2.45) is 0 Å². The van der Waals surface area contributed by atoms with E-state index in [0.29, 0.717) is 0 Å². The topological polar surface area (TPSA) is 9.23 Å². The van der Waals surface area contributed by atoms with Gasteiger partial charge in [-0.2, -0.15) is 0 Å². The second-order valence-corrected chi connectivity index (χ2v) is 3.51. The largest absolute Gasteiger partial charge is 0.311 e. The minimum absolute atomic E-state index is 0.440. The fraction of sp³-hybridized carbons (Fsp3) is 0.500. The molecule has 0 saturated carbocycles. The van der Waals surface area contributed by atoms with Gasteiger partial charge in [-0.05, 0) is 18.1 Å². The molecule has 0 heterocycles. The van der Waals surface area contributed by atoms with Crippen LogP contribution in [0.5, 0.6) is 0 Å². The average Bonchev–Trinajstić information content (AvgIpc) is 1.65. The van der Waals surface area contributed by atoms with Crippen LogP contribution >= 0.6 is 0 Å². The van der Waals surface area contributed by atoms with Crippen molar-refractivity contribution >= 4 is 20.9 Å². The standard InChI is InChI=1S/C4H8OS2/c1-4(2)7(6)5-3/h1H2,2-3H3. The summed E-state index contributed by atoms with van der Waals surface area (Å²) in [5.41, 5.74) is 0. The summed E-state index contributed by atoms with van der Waals surface area (Å²) in [4.78, 5) is 0.914. The zero-order chi connectivity index (χ0) is 5.86. The molecule has 0 aromatic rings. The van der Waals surface area contributed by atoms with Gasteiger partial charge in [0.1, 0.15) is 0 Å². The maximum absolute atomic E-state index is 4.77. The molecule has 7 heavy (non-hydrogen) atoms. The lowest BCUT2D eigenvalue weighted by Crippen LogP contribution is -1.87. The van der Waals surface area contributed by atoms with Gasteiger partial charge in [-0.1, -0.05) is 6.58 Å². The van der Waals surface area contributed by atoms with E-state index in [2.05, 4.69) is 6.58 Å². The summed E-state index contributed by atoms with van der Waals surface area (Å²) in [7, 11) is 1.15. The molecule has 3 heteroatoms. The van der Waals surface area contributed by atoms with Gasteiger partial charge in [-0.15, -0.1) is 0 Å². The van der Waals surface area contributed by atoms with Crippen LogP contribution in [0.1, 0.15) is 6.92 Å². The fourth-order valence-corrected chi connectivity index (χ4v) is 0.427. The monoisotopic (exact) mass is 136 g/mol. The molecule has 0 aliphatic rings. The van der Waals surface area contributed by atoms with E-state index in [9.17, 15) is 0 Å². The quantitative estimate of drug-likeness (QED) is 0.563. The number of hydrogen-bond acceptors (Lipinski definition) is 2. The van der Waals surface area contributed by atoms with Gasteiger partial charge in [0.15, 0.2) is 0 Å². The van der Waals surface area contributed by atoms with Crippen LogP contribution in [0, 0.1) is 0 Å². The first-order valence-electron chi connectivity index (χ1n) is 1.80. The summed E-state index contributed by atoms with van der Waals surface area (Å²) < 4.78 is 4.75. The lowest BCUT2D eigenvalue weighted by Gasteiger charge is -1.95. The Kier molecular flexibility index (Phi) is 3.42. The summed E-state index contributed by atoms with van der Waals surface area (Å²) in [6.45, 7) is 5.47. The van der Waals surface area contributed by atoms with Crippen LogP contribution in [0.15, 0.2) is 11.5 Å². The van der Waals surface area contributed by atoms with Crippen LogP contribution in [0.4, 0.5) is 0 Å². The Morgan fingerprint density at radius 2 is 2.29 bits per heavy atom. The summed E-state index contributed by atoms with van der Waals surface area (Å²) >= 11 is 4.77. The Hall–Kier alpha value is 0.270. The smallest absolute Gasteiger partial charge is 0.0511 e. The molecule has 0 aliphatic carbocycles. The molecule has 0 saturated heterocycles. The Morgan fingerprint density at radius 1 is 1.86 bits per heavy atom. The second kappa shape index (κ2) is 3.29. The molecule has 1 atom stereocenters. The first kappa shape index (κ1) is 7.27. The zero-order valence-corrected chi connectivity index (χ0v) is 6.06. The van der Waals surface area contributed by atoms with Gasteiger partial charge in [0.2, 0.25) is 0 Å². The van der Waals surface area contributed by atoms with Crippen molar-refractivity contribution in [3.05, 3.63) is 11.5 Å². The van der Waals surface area contributed by atoms with Gasteiger partial charge in [-0.25, -0.2) is 0 Å².